The van der Waals surface area contributed by atoms with Crippen molar-refractivity contribution in [2.45, 2.75) is 19.6 Å². The predicted molar refractivity (Wildman–Crippen MR) is 127 cm³/mol. The van der Waals surface area contributed by atoms with Crippen molar-refractivity contribution < 1.29 is 14.6 Å². The third-order valence-electron chi connectivity index (χ3n) is 4.79. The number of nitrogens with zero attached hydrogens (tertiary/aromatic N) is 1. The Morgan fingerprint density at radius 3 is 2.56 bits per heavy atom. The number of carbonyl (C=O) groups excluding carboxylic acids is 1. The fourth-order valence-electron chi connectivity index (χ4n) is 3.12. The zero-order valence-electron chi connectivity index (χ0n) is 17.1. The van der Waals surface area contributed by atoms with Crippen LogP contribution in [0.25, 0.3) is 0 Å². The van der Waals surface area contributed by atoms with E-state index >= 15 is 0 Å². The predicted octanol–water partition coefficient (Wildman–Crippen LogP) is 5.71. The van der Waals surface area contributed by atoms with Gasteiger partial charge in [-0.3, -0.25) is 4.79 Å². The molecule has 0 aliphatic heterocycles. The van der Waals surface area contributed by atoms with Crippen LogP contribution < -0.4 is 10.1 Å². The number of hydrogen-bond donors (Lipinski definition) is 2. The van der Waals surface area contributed by atoms with Gasteiger partial charge in [0.25, 0.3) is 5.91 Å². The number of hydrogen-bond acceptors (Lipinski definition) is 5. The van der Waals surface area contributed by atoms with Crippen LogP contribution in [0.5, 0.6) is 5.75 Å². The highest BCUT2D eigenvalue weighted by Gasteiger charge is 2.12. The Balaban J connectivity index is 1.43. The molecule has 4 rings (SSSR count). The number of thiazole rings is 1. The first-order valence-corrected chi connectivity index (χ1v) is 11.3. The molecule has 0 fully saturated rings. The average molecular weight is 465 g/mol. The van der Waals surface area contributed by atoms with Crippen LogP contribution >= 0.6 is 22.9 Å². The minimum Gasteiger partial charge on any atom is -0.489 e. The van der Waals surface area contributed by atoms with Crippen molar-refractivity contribution in [1.29, 1.82) is 0 Å². The first-order valence-electron chi connectivity index (χ1n) is 10.0. The molecule has 5 nitrogen and oxygen atoms in total. The number of halogens is 1. The Bertz CT molecular complexity index is 1190. The van der Waals surface area contributed by atoms with E-state index in [4.69, 9.17) is 21.4 Å². The SMILES string of the molecule is O=C(Nc1csc(Cc2cc(Cl)ccc2OCc2ccccc2)n1)c1ccc(CO)cc1. The molecule has 0 saturated carbocycles. The molecule has 0 unspecified atom stereocenters. The Morgan fingerprint density at radius 2 is 1.81 bits per heavy atom. The summed E-state index contributed by atoms with van der Waals surface area (Å²) in [4.78, 5) is 17.0. The topological polar surface area (TPSA) is 71.5 Å². The largest absolute Gasteiger partial charge is 0.489 e. The van der Waals surface area contributed by atoms with Crippen LogP contribution in [0.15, 0.2) is 78.2 Å². The van der Waals surface area contributed by atoms with E-state index in [0.717, 1.165) is 27.4 Å². The summed E-state index contributed by atoms with van der Waals surface area (Å²) in [6.45, 7) is 0.404. The van der Waals surface area contributed by atoms with Crippen LogP contribution in [-0.4, -0.2) is 16.0 Å². The Hall–Kier alpha value is -3.19. The normalized spacial score (nSPS) is 10.7. The zero-order chi connectivity index (χ0) is 22.3. The van der Waals surface area contributed by atoms with Gasteiger partial charge in [0.2, 0.25) is 0 Å². The van der Waals surface area contributed by atoms with Gasteiger partial charge in [-0.1, -0.05) is 54.1 Å². The Morgan fingerprint density at radius 1 is 1.03 bits per heavy atom. The monoisotopic (exact) mass is 464 g/mol. The van der Waals surface area contributed by atoms with Gasteiger partial charge >= 0.3 is 0 Å². The first kappa shape index (κ1) is 22.0. The molecule has 1 aromatic heterocycles. The third kappa shape index (κ3) is 5.73. The summed E-state index contributed by atoms with van der Waals surface area (Å²) in [7, 11) is 0. The maximum atomic E-state index is 12.5. The van der Waals surface area contributed by atoms with Crippen molar-refractivity contribution in [3.05, 3.63) is 110 Å². The number of carbonyl (C=O) groups is 1. The quantitative estimate of drug-likeness (QED) is 0.350. The van der Waals surface area contributed by atoms with Crippen LogP contribution in [0.3, 0.4) is 0 Å². The van der Waals surface area contributed by atoms with E-state index in [-0.39, 0.29) is 12.5 Å². The summed E-state index contributed by atoms with van der Waals surface area (Å²) in [5, 5.41) is 15.2. The van der Waals surface area contributed by atoms with Gasteiger partial charge in [-0.15, -0.1) is 11.3 Å². The molecule has 1 amide bonds. The van der Waals surface area contributed by atoms with Crippen LogP contribution in [0.4, 0.5) is 5.82 Å². The lowest BCUT2D eigenvalue weighted by atomic mass is 10.1. The minimum absolute atomic E-state index is 0.0576. The summed E-state index contributed by atoms with van der Waals surface area (Å²) >= 11 is 7.68. The first-order chi connectivity index (χ1) is 15.6. The summed E-state index contributed by atoms with van der Waals surface area (Å²) in [6.07, 6.45) is 0.538. The number of benzene rings is 3. The maximum absolute atomic E-state index is 12.5. The van der Waals surface area contributed by atoms with Crippen LogP contribution in [0, 0.1) is 0 Å². The molecule has 1 heterocycles. The minimum atomic E-state index is -0.249. The second-order valence-corrected chi connectivity index (χ2v) is 8.52. The fourth-order valence-corrected chi connectivity index (χ4v) is 4.07. The molecule has 162 valence electrons. The van der Waals surface area contributed by atoms with Gasteiger partial charge in [0.1, 0.15) is 18.2 Å². The number of aromatic nitrogens is 1. The van der Waals surface area contributed by atoms with Crippen molar-refractivity contribution in [2.24, 2.45) is 0 Å². The van der Waals surface area contributed by atoms with Crippen molar-refractivity contribution >= 4 is 34.7 Å². The molecule has 0 atom stereocenters. The highest BCUT2D eigenvalue weighted by molar-refractivity contribution is 7.10. The van der Waals surface area contributed by atoms with Gasteiger partial charge in [0.15, 0.2) is 0 Å². The number of aliphatic hydroxyl groups excluding tert-OH is 1. The van der Waals surface area contributed by atoms with E-state index in [0.29, 0.717) is 29.4 Å². The lowest BCUT2D eigenvalue weighted by Crippen LogP contribution is -2.12. The molecule has 4 aromatic rings. The summed E-state index contributed by atoms with van der Waals surface area (Å²) < 4.78 is 6.03. The fraction of sp³-hybridized carbons (Fsp3) is 0.120. The Kier molecular flexibility index (Phi) is 7.17. The number of anilines is 1. The van der Waals surface area contributed by atoms with Gasteiger partial charge in [-0.25, -0.2) is 4.98 Å². The highest BCUT2D eigenvalue weighted by Crippen LogP contribution is 2.28. The average Bonchev–Trinajstić information content (AvgIpc) is 3.26. The van der Waals surface area contributed by atoms with E-state index in [1.807, 2.05) is 47.8 Å². The number of rotatable bonds is 8. The van der Waals surface area contributed by atoms with Crippen molar-refractivity contribution in [2.75, 3.05) is 5.32 Å². The van der Waals surface area contributed by atoms with Gasteiger partial charge in [0, 0.05) is 28.0 Å². The van der Waals surface area contributed by atoms with E-state index in [2.05, 4.69) is 10.3 Å². The van der Waals surface area contributed by atoms with Gasteiger partial charge in [0.05, 0.1) is 11.6 Å². The number of aliphatic hydroxyl groups is 1. The van der Waals surface area contributed by atoms with Gasteiger partial charge in [-0.2, -0.15) is 0 Å². The molecule has 7 heteroatoms. The molecule has 0 spiro atoms. The Labute approximate surface area is 195 Å². The summed E-state index contributed by atoms with van der Waals surface area (Å²) in [5.41, 5.74) is 3.27. The number of ether oxygens (including phenoxy) is 1. The molecule has 2 N–H and O–H groups in total. The van der Waals surface area contributed by atoms with Crippen LogP contribution in [0.1, 0.15) is 32.1 Å². The molecule has 0 bridgehead atoms. The molecule has 0 aliphatic rings. The second-order valence-electron chi connectivity index (χ2n) is 7.14. The van der Waals surface area contributed by atoms with Crippen molar-refractivity contribution in [1.82, 2.24) is 4.98 Å². The van der Waals surface area contributed by atoms with Crippen LogP contribution in [0.2, 0.25) is 5.02 Å². The van der Waals surface area contributed by atoms with E-state index < -0.39 is 0 Å². The molecule has 3 aromatic carbocycles. The molecule has 32 heavy (non-hydrogen) atoms. The highest BCUT2D eigenvalue weighted by atomic mass is 35.5. The third-order valence-corrected chi connectivity index (χ3v) is 5.88. The molecular weight excluding hydrogens is 444 g/mol. The standard InChI is InChI=1S/C25H21ClN2O3S/c26-21-10-11-22(31-15-18-4-2-1-3-5-18)20(12-21)13-24-27-23(16-32-24)28-25(30)19-8-6-17(14-29)7-9-19/h1-12,16,29H,13-15H2,(H,28,30). The zero-order valence-corrected chi connectivity index (χ0v) is 18.7. The lowest BCUT2D eigenvalue weighted by molar-refractivity contribution is 0.102. The maximum Gasteiger partial charge on any atom is 0.256 e. The second kappa shape index (κ2) is 10.4. The van der Waals surface area contributed by atoms with Crippen LogP contribution in [-0.2, 0) is 19.6 Å². The van der Waals surface area contributed by atoms with E-state index in [9.17, 15) is 4.79 Å². The molecular formula is C25H21ClN2O3S. The molecule has 0 aliphatic carbocycles. The molecule has 0 saturated heterocycles. The van der Waals surface area contributed by atoms with Gasteiger partial charge < -0.3 is 15.2 Å². The summed E-state index contributed by atoms with van der Waals surface area (Å²) in [6, 6.07) is 22.3. The number of amides is 1. The van der Waals surface area contributed by atoms with Gasteiger partial charge in [-0.05, 0) is 41.5 Å². The smallest absolute Gasteiger partial charge is 0.256 e. The summed E-state index contributed by atoms with van der Waals surface area (Å²) in [5.74, 6) is 0.999. The molecule has 0 radical (unpaired) electrons. The van der Waals surface area contributed by atoms with E-state index in [1.54, 1.807) is 30.3 Å². The van der Waals surface area contributed by atoms with Crippen molar-refractivity contribution in [3.8, 4) is 5.75 Å². The van der Waals surface area contributed by atoms with Crippen molar-refractivity contribution in [3.63, 3.8) is 0 Å². The van der Waals surface area contributed by atoms with E-state index in [1.165, 1.54) is 11.3 Å². The number of nitrogens with one attached hydrogen (secondary N) is 1. The lowest BCUT2D eigenvalue weighted by Gasteiger charge is -2.11.